The Kier molecular flexibility index (Phi) is 4.68. The molecule has 0 aromatic rings. The van der Waals surface area contributed by atoms with Crippen molar-refractivity contribution in [1.29, 1.82) is 0 Å². The van der Waals surface area contributed by atoms with Crippen LogP contribution in [0, 0.1) is 5.92 Å². The van der Waals surface area contributed by atoms with Crippen molar-refractivity contribution in [2.75, 3.05) is 40.8 Å². The summed E-state index contributed by atoms with van der Waals surface area (Å²) in [6, 6.07) is 0.697. The van der Waals surface area contributed by atoms with E-state index in [0.717, 1.165) is 5.92 Å². The van der Waals surface area contributed by atoms with Crippen LogP contribution < -0.4 is 5.32 Å². The van der Waals surface area contributed by atoms with Crippen LogP contribution in [0.5, 0.6) is 0 Å². The Labute approximate surface area is 113 Å². The molecule has 2 fully saturated rings. The van der Waals surface area contributed by atoms with Crippen LogP contribution in [0.2, 0.25) is 0 Å². The van der Waals surface area contributed by atoms with Crippen molar-refractivity contribution in [3.8, 4) is 0 Å². The second-order valence-corrected chi connectivity index (χ2v) is 6.85. The van der Waals surface area contributed by atoms with Gasteiger partial charge in [-0.3, -0.25) is 0 Å². The quantitative estimate of drug-likeness (QED) is 0.806. The summed E-state index contributed by atoms with van der Waals surface area (Å²) < 4.78 is 0. The first-order valence-corrected chi connectivity index (χ1v) is 7.63. The van der Waals surface area contributed by atoms with Crippen LogP contribution in [0.4, 0.5) is 0 Å². The minimum atomic E-state index is 0.465. The average Bonchev–Trinajstić information content (AvgIpc) is 2.26. The van der Waals surface area contributed by atoms with Crippen molar-refractivity contribution in [3.05, 3.63) is 0 Å². The Morgan fingerprint density at radius 3 is 2.39 bits per heavy atom. The fourth-order valence-corrected chi connectivity index (χ4v) is 3.59. The average molecular weight is 253 g/mol. The predicted octanol–water partition coefficient (Wildman–Crippen LogP) is 1.79. The Morgan fingerprint density at radius 2 is 1.89 bits per heavy atom. The lowest BCUT2D eigenvalue weighted by molar-refractivity contribution is 0.0231. The maximum absolute atomic E-state index is 3.70. The normalized spacial score (nSPS) is 31.7. The van der Waals surface area contributed by atoms with E-state index < -0.39 is 0 Å². The first kappa shape index (κ1) is 14.3. The molecular weight excluding hydrogens is 222 g/mol. The maximum Gasteiger partial charge on any atom is 0.0330 e. The third-order valence-corrected chi connectivity index (χ3v) is 5.24. The van der Waals surface area contributed by atoms with Gasteiger partial charge in [0, 0.05) is 24.7 Å². The Hall–Kier alpha value is -0.120. The van der Waals surface area contributed by atoms with Gasteiger partial charge in [-0.25, -0.2) is 0 Å². The lowest BCUT2D eigenvalue weighted by atomic mass is 9.75. The van der Waals surface area contributed by atoms with E-state index in [1.54, 1.807) is 0 Å². The Morgan fingerprint density at radius 1 is 1.17 bits per heavy atom. The van der Waals surface area contributed by atoms with E-state index in [-0.39, 0.29) is 0 Å². The summed E-state index contributed by atoms with van der Waals surface area (Å²) in [7, 11) is 6.79. The minimum Gasteiger partial charge on any atom is -0.312 e. The highest BCUT2D eigenvalue weighted by atomic mass is 15.2. The predicted molar refractivity (Wildman–Crippen MR) is 78.0 cm³/mol. The molecule has 2 unspecified atom stereocenters. The summed E-state index contributed by atoms with van der Waals surface area (Å²) in [6.07, 6.45) is 6.90. The zero-order valence-electron chi connectivity index (χ0n) is 12.7. The first-order chi connectivity index (χ1) is 8.53. The van der Waals surface area contributed by atoms with Crippen molar-refractivity contribution in [2.45, 2.75) is 50.6 Å². The monoisotopic (exact) mass is 253 g/mol. The SMILES string of the molecule is CC1CCCNC1CN(C)CC1(N(C)C)CCC1. The molecule has 3 nitrogen and oxygen atoms in total. The van der Waals surface area contributed by atoms with E-state index in [4.69, 9.17) is 0 Å². The molecule has 1 saturated carbocycles. The molecule has 2 rings (SSSR count). The highest BCUT2D eigenvalue weighted by Crippen LogP contribution is 2.36. The van der Waals surface area contributed by atoms with Gasteiger partial charge in [0.05, 0.1) is 0 Å². The maximum atomic E-state index is 3.70. The molecule has 1 N–H and O–H groups in total. The molecule has 0 spiro atoms. The number of hydrogen-bond donors (Lipinski definition) is 1. The second-order valence-electron chi connectivity index (χ2n) is 6.85. The summed E-state index contributed by atoms with van der Waals surface area (Å²) in [5, 5.41) is 3.70. The largest absolute Gasteiger partial charge is 0.312 e. The fraction of sp³-hybridized carbons (Fsp3) is 1.00. The molecule has 0 aromatic heterocycles. The van der Waals surface area contributed by atoms with Crippen LogP contribution in [-0.2, 0) is 0 Å². The van der Waals surface area contributed by atoms with Crippen molar-refractivity contribution >= 4 is 0 Å². The van der Waals surface area contributed by atoms with Crippen LogP contribution in [0.25, 0.3) is 0 Å². The fourth-order valence-electron chi connectivity index (χ4n) is 3.59. The van der Waals surface area contributed by atoms with Gasteiger partial charge in [0.1, 0.15) is 0 Å². The molecule has 2 atom stereocenters. The van der Waals surface area contributed by atoms with E-state index >= 15 is 0 Å². The molecule has 1 aliphatic carbocycles. The topological polar surface area (TPSA) is 18.5 Å². The molecule has 0 radical (unpaired) electrons. The highest BCUT2D eigenvalue weighted by Gasteiger charge is 2.40. The van der Waals surface area contributed by atoms with Gasteiger partial charge in [0.25, 0.3) is 0 Å². The third-order valence-electron chi connectivity index (χ3n) is 5.24. The lowest BCUT2D eigenvalue weighted by Crippen LogP contribution is -2.58. The molecular formula is C15H31N3. The van der Waals surface area contributed by atoms with Crippen molar-refractivity contribution in [2.24, 2.45) is 5.92 Å². The molecule has 18 heavy (non-hydrogen) atoms. The van der Waals surface area contributed by atoms with Gasteiger partial charge in [-0.1, -0.05) is 6.92 Å². The molecule has 2 aliphatic rings. The zero-order chi connectivity index (χ0) is 13.2. The molecule has 1 aliphatic heterocycles. The van der Waals surface area contributed by atoms with E-state index in [1.807, 2.05) is 0 Å². The summed E-state index contributed by atoms with van der Waals surface area (Å²) >= 11 is 0. The smallest absolute Gasteiger partial charge is 0.0330 e. The summed E-state index contributed by atoms with van der Waals surface area (Å²) in [4.78, 5) is 5.00. The summed E-state index contributed by atoms with van der Waals surface area (Å²) in [5.74, 6) is 0.831. The first-order valence-electron chi connectivity index (χ1n) is 7.63. The van der Waals surface area contributed by atoms with Gasteiger partial charge < -0.3 is 15.1 Å². The van der Waals surface area contributed by atoms with Crippen LogP contribution in [-0.4, -0.2) is 62.2 Å². The van der Waals surface area contributed by atoms with Gasteiger partial charge in [-0.05, 0) is 65.7 Å². The number of rotatable bonds is 5. The van der Waals surface area contributed by atoms with Crippen molar-refractivity contribution < 1.29 is 0 Å². The molecule has 0 bridgehead atoms. The lowest BCUT2D eigenvalue weighted by Gasteiger charge is -2.50. The summed E-state index contributed by atoms with van der Waals surface area (Å²) in [5.41, 5.74) is 0.465. The van der Waals surface area contributed by atoms with Crippen molar-refractivity contribution in [3.63, 3.8) is 0 Å². The van der Waals surface area contributed by atoms with Gasteiger partial charge in [0.15, 0.2) is 0 Å². The number of nitrogens with one attached hydrogen (secondary N) is 1. The second kappa shape index (κ2) is 5.89. The summed E-state index contributed by atoms with van der Waals surface area (Å²) in [6.45, 7) is 6.04. The van der Waals surface area contributed by atoms with Gasteiger partial charge in [-0.2, -0.15) is 0 Å². The molecule has 106 valence electrons. The third kappa shape index (κ3) is 3.06. The Bertz CT molecular complexity index is 260. The van der Waals surface area contributed by atoms with Crippen LogP contribution in [0.1, 0.15) is 39.0 Å². The Balaban J connectivity index is 1.82. The van der Waals surface area contributed by atoms with E-state index in [9.17, 15) is 0 Å². The van der Waals surface area contributed by atoms with E-state index in [0.29, 0.717) is 11.6 Å². The van der Waals surface area contributed by atoms with Gasteiger partial charge in [0.2, 0.25) is 0 Å². The number of piperidine rings is 1. The van der Waals surface area contributed by atoms with E-state index in [1.165, 1.54) is 51.7 Å². The van der Waals surface area contributed by atoms with E-state index in [2.05, 4.69) is 43.2 Å². The van der Waals surface area contributed by atoms with Crippen LogP contribution >= 0.6 is 0 Å². The van der Waals surface area contributed by atoms with Crippen LogP contribution in [0.15, 0.2) is 0 Å². The van der Waals surface area contributed by atoms with Gasteiger partial charge >= 0.3 is 0 Å². The minimum absolute atomic E-state index is 0.465. The molecule has 3 heteroatoms. The number of hydrogen-bond acceptors (Lipinski definition) is 3. The molecule has 1 saturated heterocycles. The standard InChI is InChI=1S/C15H31N3/c1-13-7-5-10-16-14(13)11-18(4)12-15(17(2)3)8-6-9-15/h13-14,16H,5-12H2,1-4H3. The molecule has 1 heterocycles. The zero-order valence-corrected chi connectivity index (χ0v) is 12.7. The molecule has 0 amide bonds. The van der Waals surface area contributed by atoms with Crippen LogP contribution in [0.3, 0.4) is 0 Å². The molecule has 0 aromatic carbocycles. The van der Waals surface area contributed by atoms with Gasteiger partial charge in [-0.15, -0.1) is 0 Å². The number of nitrogens with zero attached hydrogens (tertiary/aromatic N) is 2. The highest BCUT2D eigenvalue weighted by molar-refractivity contribution is 4.98. The number of likely N-dealkylation sites (N-methyl/N-ethyl adjacent to an activating group) is 2. The van der Waals surface area contributed by atoms with Crippen molar-refractivity contribution in [1.82, 2.24) is 15.1 Å².